The third-order valence-electron chi connectivity index (χ3n) is 1.97. The topological polar surface area (TPSA) is 104 Å². The molecule has 0 aromatic carbocycles. The second-order valence-corrected chi connectivity index (χ2v) is 4.61. The fourth-order valence-electron chi connectivity index (χ4n) is 0.901. The molecule has 108 valence electrons. The SMILES string of the molecule is CCCC(C)(O)C(=O)O.CCOC(=O)C(C)(C)O. The minimum Gasteiger partial charge on any atom is -0.479 e. The van der Waals surface area contributed by atoms with Gasteiger partial charge in [-0.3, -0.25) is 0 Å². The van der Waals surface area contributed by atoms with Gasteiger partial charge >= 0.3 is 11.9 Å². The maximum absolute atomic E-state index is 10.6. The molecule has 0 aromatic heterocycles. The van der Waals surface area contributed by atoms with E-state index < -0.39 is 23.1 Å². The second-order valence-electron chi connectivity index (χ2n) is 4.61. The molecule has 0 aliphatic rings. The Kier molecular flexibility index (Phi) is 8.59. The van der Waals surface area contributed by atoms with E-state index in [4.69, 9.17) is 15.3 Å². The Morgan fingerprint density at radius 3 is 1.67 bits per heavy atom. The van der Waals surface area contributed by atoms with Gasteiger partial charge in [0, 0.05) is 0 Å². The average molecular weight is 264 g/mol. The lowest BCUT2D eigenvalue weighted by Crippen LogP contribution is -2.34. The Balaban J connectivity index is 0. The number of carboxylic acids is 1. The number of carboxylic acid groups (broad SMARTS) is 1. The molecule has 0 aliphatic carbocycles. The van der Waals surface area contributed by atoms with E-state index in [-0.39, 0.29) is 0 Å². The summed E-state index contributed by atoms with van der Waals surface area (Å²) in [6.45, 7) is 7.93. The first-order chi connectivity index (χ1) is 7.99. The van der Waals surface area contributed by atoms with Crippen molar-refractivity contribution < 1.29 is 29.6 Å². The van der Waals surface area contributed by atoms with Crippen molar-refractivity contribution in [3.8, 4) is 0 Å². The highest BCUT2D eigenvalue weighted by molar-refractivity contribution is 5.78. The van der Waals surface area contributed by atoms with E-state index in [1.165, 1.54) is 20.8 Å². The van der Waals surface area contributed by atoms with Crippen molar-refractivity contribution in [1.82, 2.24) is 0 Å². The molecule has 0 bridgehead atoms. The van der Waals surface area contributed by atoms with Gasteiger partial charge in [0.15, 0.2) is 11.2 Å². The average Bonchev–Trinajstić information content (AvgIpc) is 2.17. The lowest BCUT2D eigenvalue weighted by atomic mass is 10.0. The van der Waals surface area contributed by atoms with Gasteiger partial charge in [0.25, 0.3) is 0 Å². The minimum atomic E-state index is -1.53. The Hall–Kier alpha value is -1.14. The second kappa shape index (κ2) is 8.05. The Bertz CT molecular complexity index is 264. The van der Waals surface area contributed by atoms with Crippen LogP contribution in [0.1, 0.15) is 47.5 Å². The van der Waals surface area contributed by atoms with E-state index in [0.717, 1.165) is 0 Å². The first-order valence-corrected chi connectivity index (χ1v) is 5.84. The molecule has 1 atom stereocenters. The van der Waals surface area contributed by atoms with Crippen molar-refractivity contribution >= 4 is 11.9 Å². The maximum atomic E-state index is 10.6. The molecular weight excluding hydrogens is 240 g/mol. The maximum Gasteiger partial charge on any atom is 0.337 e. The minimum absolute atomic E-state index is 0.308. The molecule has 3 N–H and O–H groups in total. The highest BCUT2D eigenvalue weighted by Crippen LogP contribution is 2.10. The number of aliphatic hydroxyl groups is 2. The zero-order valence-electron chi connectivity index (χ0n) is 11.7. The molecule has 0 spiro atoms. The number of ether oxygens (including phenoxy) is 1. The van der Waals surface area contributed by atoms with Crippen molar-refractivity contribution in [2.24, 2.45) is 0 Å². The molecule has 0 saturated heterocycles. The first kappa shape index (κ1) is 19.2. The number of hydrogen-bond acceptors (Lipinski definition) is 5. The molecule has 0 fully saturated rings. The summed E-state index contributed by atoms with van der Waals surface area (Å²) in [7, 11) is 0. The summed E-state index contributed by atoms with van der Waals surface area (Å²) in [5.74, 6) is -1.73. The van der Waals surface area contributed by atoms with Crippen molar-refractivity contribution in [2.75, 3.05) is 6.61 Å². The Labute approximate surface area is 108 Å². The van der Waals surface area contributed by atoms with E-state index in [1.807, 2.05) is 6.92 Å². The largest absolute Gasteiger partial charge is 0.479 e. The van der Waals surface area contributed by atoms with Gasteiger partial charge in [-0.1, -0.05) is 13.3 Å². The summed E-state index contributed by atoms with van der Waals surface area (Å²) in [4.78, 5) is 20.8. The molecule has 0 aliphatic heterocycles. The number of carbonyl (C=O) groups is 2. The summed E-state index contributed by atoms with van der Waals surface area (Å²) in [6.07, 6.45) is 0.988. The fraction of sp³-hybridized carbons (Fsp3) is 0.833. The van der Waals surface area contributed by atoms with E-state index in [0.29, 0.717) is 19.4 Å². The van der Waals surface area contributed by atoms with Gasteiger partial charge < -0.3 is 20.1 Å². The van der Waals surface area contributed by atoms with Gasteiger partial charge in [-0.15, -0.1) is 0 Å². The molecule has 6 nitrogen and oxygen atoms in total. The van der Waals surface area contributed by atoms with E-state index in [2.05, 4.69) is 4.74 Å². The summed E-state index contributed by atoms with van der Waals surface area (Å²) < 4.78 is 4.52. The van der Waals surface area contributed by atoms with E-state index in [1.54, 1.807) is 6.92 Å². The molecule has 0 saturated carbocycles. The molecular formula is C12H24O6. The van der Waals surface area contributed by atoms with Gasteiger partial charge in [0.05, 0.1) is 6.61 Å². The molecule has 0 aromatic rings. The van der Waals surface area contributed by atoms with Crippen molar-refractivity contribution in [1.29, 1.82) is 0 Å². The van der Waals surface area contributed by atoms with Crippen molar-refractivity contribution in [3.05, 3.63) is 0 Å². The van der Waals surface area contributed by atoms with Gasteiger partial charge in [0.2, 0.25) is 0 Å². The number of rotatable bonds is 5. The zero-order chi connectivity index (χ0) is 15.0. The molecule has 1 unspecified atom stereocenters. The monoisotopic (exact) mass is 264 g/mol. The van der Waals surface area contributed by atoms with Crippen molar-refractivity contribution in [2.45, 2.75) is 58.7 Å². The first-order valence-electron chi connectivity index (χ1n) is 5.84. The van der Waals surface area contributed by atoms with Crippen LogP contribution in [0.3, 0.4) is 0 Å². The van der Waals surface area contributed by atoms with Crippen LogP contribution < -0.4 is 0 Å². The highest BCUT2D eigenvalue weighted by atomic mass is 16.5. The highest BCUT2D eigenvalue weighted by Gasteiger charge is 2.27. The van der Waals surface area contributed by atoms with Crippen LogP contribution in [0.2, 0.25) is 0 Å². The number of esters is 1. The van der Waals surface area contributed by atoms with Crippen LogP contribution in [0, 0.1) is 0 Å². The third-order valence-corrected chi connectivity index (χ3v) is 1.97. The number of carbonyl (C=O) groups excluding carboxylic acids is 1. The van der Waals surface area contributed by atoms with Gasteiger partial charge in [-0.25, -0.2) is 9.59 Å². The van der Waals surface area contributed by atoms with Crippen LogP contribution >= 0.6 is 0 Å². The summed E-state index contributed by atoms with van der Waals surface area (Å²) in [5, 5.41) is 26.3. The van der Waals surface area contributed by atoms with E-state index in [9.17, 15) is 9.59 Å². The molecule has 6 heteroatoms. The predicted molar refractivity (Wildman–Crippen MR) is 66.1 cm³/mol. The summed E-state index contributed by atoms with van der Waals surface area (Å²) in [5.41, 5.74) is -2.88. The van der Waals surface area contributed by atoms with E-state index >= 15 is 0 Å². The summed E-state index contributed by atoms with van der Waals surface area (Å²) >= 11 is 0. The molecule has 0 amide bonds. The lowest BCUT2D eigenvalue weighted by Gasteiger charge is -2.15. The molecule has 0 rings (SSSR count). The lowest BCUT2D eigenvalue weighted by molar-refractivity contribution is -0.161. The normalized spacial score (nSPS) is 13.9. The predicted octanol–water partition coefficient (Wildman–Crippen LogP) is 0.942. The van der Waals surface area contributed by atoms with Crippen LogP contribution in [0.4, 0.5) is 0 Å². The van der Waals surface area contributed by atoms with Crippen LogP contribution in [-0.4, -0.2) is 45.1 Å². The van der Waals surface area contributed by atoms with Gasteiger partial charge in [-0.2, -0.15) is 0 Å². The number of hydrogen-bond donors (Lipinski definition) is 3. The van der Waals surface area contributed by atoms with Crippen LogP contribution in [0.15, 0.2) is 0 Å². The van der Waals surface area contributed by atoms with Crippen LogP contribution in [0.25, 0.3) is 0 Å². The Morgan fingerprint density at radius 1 is 1.11 bits per heavy atom. The molecule has 0 heterocycles. The summed E-state index contributed by atoms with van der Waals surface area (Å²) in [6, 6.07) is 0. The molecule has 18 heavy (non-hydrogen) atoms. The quantitative estimate of drug-likeness (QED) is 0.638. The van der Waals surface area contributed by atoms with Crippen LogP contribution in [0.5, 0.6) is 0 Å². The smallest absolute Gasteiger partial charge is 0.337 e. The Morgan fingerprint density at radius 2 is 1.56 bits per heavy atom. The van der Waals surface area contributed by atoms with Gasteiger partial charge in [0.1, 0.15) is 0 Å². The standard InChI is InChI=1S/2C6H12O3/c1-4-9-5(7)6(2,3)8;1-3-4-6(2,9)5(7)8/h8H,4H2,1-3H3;9H,3-4H2,1-2H3,(H,7,8). The third kappa shape index (κ3) is 8.95. The molecule has 0 radical (unpaired) electrons. The van der Waals surface area contributed by atoms with Crippen LogP contribution in [-0.2, 0) is 14.3 Å². The van der Waals surface area contributed by atoms with Crippen molar-refractivity contribution in [3.63, 3.8) is 0 Å². The number of aliphatic carboxylic acids is 1. The fourth-order valence-corrected chi connectivity index (χ4v) is 0.901. The van der Waals surface area contributed by atoms with Gasteiger partial charge in [-0.05, 0) is 34.1 Å². The zero-order valence-corrected chi connectivity index (χ0v) is 11.7.